The zero-order chi connectivity index (χ0) is 14.8. The molecular weight excluding hydrogens is 276 g/mol. The number of amides is 2. The lowest BCUT2D eigenvalue weighted by Gasteiger charge is -2.14. The van der Waals surface area contributed by atoms with E-state index in [1.54, 1.807) is 11.4 Å². The second kappa shape index (κ2) is 9.50. The minimum absolute atomic E-state index is 0.0768. The van der Waals surface area contributed by atoms with E-state index in [9.17, 15) is 9.59 Å². The average Bonchev–Trinajstić information content (AvgIpc) is 2.97. The van der Waals surface area contributed by atoms with Crippen molar-refractivity contribution in [3.8, 4) is 0 Å². The highest BCUT2D eigenvalue weighted by atomic mass is 32.1. The normalized spacial score (nSPS) is 11.9. The smallest absolute Gasteiger partial charge is 0.252 e. The van der Waals surface area contributed by atoms with Crippen molar-refractivity contribution in [1.82, 2.24) is 10.6 Å². The van der Waals surface area contributed by atoms with Crippen molar-refractivity contribution in [3.63, 3.8) is 0 Å². The molecule has 1 rings (SSSR count). The van der Waals surface area contributed by atoms with Gasteiger partial charge in [-0.3, -0.25) is 9.59 Å². The zero-order valence-electron chi connectivity index (χ0n) is 11.7. The third kappa shape index (κ3) is 6.16. The third-order valence-corrected chi connectivity index (χ3v) is 3.81. The van der Waals surface area contributed by atoms with Crippen LogP contribution >= 0.6 is 11.3 Å². The average molecular weight is 298 g/mol. The van der Waals surface area contributed by atoms with E-state index in [0.717, 1.165) is 6.42 Å². The molecule has 0 radical (unpaired) electrons. The van der Waals surface area contributed by atoms with Crippen LogP contribution in [-0.4, -0.2) is 36.6 Å². The van der Waals surface area contributed by atoms with Crippen LogP contribution in [0.25, 0.3) is 0 Å². The molecule has 0 saturated heterocycles. The fourth-order valence-electron chi connectivity index (χ4n) is 1.76. The molecule has 1 aromatic rings. The molecule has 0 aliphatic carbocycles. The number of carbonyl (C=O) groups is 2. The summed E-state index contributed by atoms with van der Waals surface area (Å²) in [5.74, 6) is 0.0853. The molecule has 0 bridgehead atoms. The van der Waals surface area contributed by atoms with E-state index in [1.165, 1.54) is 11.3 Å². The molecule has 0 saturated carbocycles. The molecule has 5 nitrogen and oxygen atoms in total. The Balaban J connectivity index is 2.15. The first-order valence-electron chi connectivity index (χ1n) is 6.85. The van der Waals surface area contributed by atoms with Crippen LogP contribution in [-0.2, 0) is 4.79 Å². The van der Waals surface area contributed by atoms with Crippen molar-refractivity contribution < 1.29 is 14.7 Å². The third-order valence-electron chi connectivity index (χ3n) is 3.12. The van der Waals surface area contributed by atoms with Gasteiger partial charge in [-0.2, -0.15) is 11.3 Å². The molecule has 0 fully saturated rings. The van der Waals surface area contributed by atoms with Gasteiger partial charge in [0.05, 0.1) is 0 Å². The van der Waals surface area contributed by atoms with Gasteiger partial charge < -0.3 is 15.7 Å². The second-order valence-electron chi connectivity index (χ2n) is 4.61. The highest BCUT2D eigenvalue weighted by Gasteiger charge is 2.09. The summed E-state index contributed by atoms with van der Waals surface area (Å²) in [6.45, 7) is 3.09. The molecule has 0 spiro atoms. The summed E-state index contributed by atoms with van der Waals surface area (Å²) in [6.07, 6.45) is 1.90. The predicted molar refractivity (Wildman–Crippen MR) is 79.8 cm³/mol. The summed E-state index contributed by atoms with van der Waals surface area (Å²) < 4.78 is 0. The first-order valence-corrected chi connectivity index (χ1v) is 7.79. The highest BCUT2D eigenvalue weighted by Crippen LogP contribution is 2.06. The Morgan fingerprint density at radius 3 is 2.80 bits per heavy atom. The van der Waals surface area contributed by atoms with Gasteiger partial charge >= 0.3 is 0 Å². The Kier molecular flexibility index (Phi) is 7.91. The summed E-state index contributed by atoms with van der Waals surface area (Å²) in [6, 6.07) is 1.75. The lowest BCUT2D eigenvalue weighted by Crippen LogP contribution is -2.33. The van der Waals surface area contributed by atoms with Crippen LogP contribution < -0.4 is 10.6 Å². The van der Waals surface area contributed by atoms with Crippen molar-refractivity contribution in [1.29, 1.82) is 0 Å². The monoisotopic (exact) mass is 298 g/mol. The van der Waals surface area contributed by atoms with E-state index in [-0.39, 0.29) is 24.8 Å². The van der Waals surface area contributed by atoms with E-state index in [1.807, 2.05) is 12.3 Å². The number of hydrogen-bond acceptors (Lipinski definition) is 4. The lowest BCUT2D eigenvalue weighted by molar-refractivity contribution is -0.121. The van der Waals surface area contributed by atoms with Crippen LogP contribution in [0.3, 0.4) is 0 Å². The fraction of sp³-hybridized carbons (Fsp3) is 0.571. The van der Waals surface area contributed by atoms with Crippen LogP contribution in [0.5, 0.6) is 0 Å². The number of aliphatic hydroxyl groups excluding tert-OH is 1. The number of aliphatic hydroxyl groups is 1. The first-order chi connectivity index (χ1) is 9.67. The first kappa shape index (κ1) is 16.7. The zero-order valence-corrected chi connectivity index (χ0v) is 12.5. The van der Waals surface area contributed by atoms with Crippen LogP contribution in [0, 0.1) is 5.92 Å². The van der Waals surface area contributed by atoms with Crippen molar-refractivity contribution >= 4 is 23.2 Å². The van der Waals surface area contributed by atoms with E-state index in [0.29, 0.717) is 31.0 Å². The molecule has 1 unspecified atom stereocenters. The number of carbonyl (C=O) groups excluding carboxylic acids is 2. The van der Waals surface area contributed by atoms with Gasteiger partial charge in [0.2, 0.25) is 5.91 Å². The minimum Gasteiger partial charge on any atom is -0.396 e. The number of thiophene rings is 1. The summed E-state index contributed by atoms with van der Waals surface area (Å²) in [4.78, 5) is 23.2. The topological polar surface area (TPSA) is 78.4 Å². The highest BCUT2D eigenvalue weighted by molar-refractivity contribution is 7.08. The van der Waals surface area contributed by atoms with Gasteiger partial charge in [0.15, 0.2) is 0 Å². The van der Waals surface area contributed by atoms with Gasteiger partial charge in [-0.05, 0) is 23.8 Å². The Morgan fingerprint density at radius 1 is 1.40 bits per heavy atom. The molecule has 1 aromatic heterocycles. The number of nitrogens with one attached hydrogen (secondary N) is 2. The number of rotatable bonds is 9. The van der Waals surface area contributed by atoms with Crippen molar-refractivity contribution in [2.75, 3.05) is 19.7 Å². The molecule has 1 atom stereocenters. The van der Waals surface area contributed by atoms with Crippen molar-refractivity contribution in [2.45, 2.75) is 26.2 Å². The molecule has 3 N–H and O–H groups in total. The summed E-state index contributed by atoms with van der Waals surface area (Å²) in [5.41, 5.74) is 0.629. The maximum Gasteiger partial charge on any atom is 0.252 e. The summed E-state index contributed by atoms with van der Waals surface area (Å²) >= 11 is 1.47. The molecule has 20 heavy (non-hydrogen) atoms. The van der Waals surface area contributed by atoms with Crippen LogP contribution in [0.15, 0.2) is 16.8 Å². The fourth-order valence-corrected chi connectivity index (χ4v) is 2.40. The lowest BCUT2D eigenvalue weighted by atomic mass is 10.0. The van der Waals surface area contributed by atoms with E-state index >= 15 is 0 Å². The Hall–Kier alpha value is -1.40. The SMILES string of the molecule is CCC(CCO)CNC(=O)CCNC(=O)c1ccsc1. The molecule has 2 amide bonds. The van der Waals surface area contributed by atoms with Gasteiger partial charge in [-0.15, -0.1) is 0 Å². The molecule has 1 heterocycles. The van der Waals surface area contributed by atoms with Gasteiger partial charge in [0.1, 0.15) is 0 Å². The quantitative estimate of drug-likeness (QED) is 0.645. The van der Waals surface area contributed by atoms with Gasteiger partial charge in [0.25, 0.3) is 5.91 Å². The summed E-state index contributed by atoms with van der Waals surface area (Å²) in [5, 5.41) is 18.0. The molecule has 0 aliphatic rings. The number of hydrogen-bond donors (Lipinski definition) is 3. The van der Waals surface area contributed by atoms with Crippen LogP contribution in [0.2, 0.25) is 0 Å². The van der Waals surface area contributed by atoms with E-state index in [4.69, 9.17) is 5.11 Å². The molecular formula is C14H22N2O3S. The minimum atomic E-state index is -0.147. The van der Waals surface area contributed by atoms with Gasteiger partial charge in [-0.1, -0.05) is 13.3 Å². The molecule has 0 aliphatic heterocycles. The summed E-state index contributed by atoms with van der Waals surface area (Å²) in [7, 11) is 0. The molecule has 6 heteroatoms. The Bertz CT molecular complexity index is 407. The van der Waals surface area contributed by atoms with E-state index < -0.39 is 0 Å². The largest absolute Gasteiger partial charge is 0.396 e. The van der Waals surface area contributed by atoms with Gasteiger partial charge in [-0.25, -0.2) is 0 Å². The van der Waals surface area contributed by atoms with Gasteiger partial charge in [0, 0.05) is 37.1 Å². The standard InChI is InChI=1S/C14H22N2O3S/c1-2-11(4-7-17)9-16-13(18)3-6-15-14(19)12-5-8-20-10-12/h5,8,10-11,17H,2-4,6-7,9H2,1H3,(H,15,19)(H,16,18). The van der Waals surface area contributed by atoms with Crippen LogP contribution in [0.4, 0.5) is 0 Å². The van der Waals surface area contributed by atoms with Crippen molar-refractivity contribution in [3.05, 3.63) is 22.4 Å². The molecule has 0 aromatic carbocycles. The van der Waals surface area contributed by atoms with Crippen LogP contribution in [0.1, 0.15) is 36.5 Å². The maximum atomic E-state index is 11.6. The Morgan fingerprint density at radius 2 is 2.20 bits per heavy atom. The maximum absolute atomic E-state index is 11.6. The Labute approximate surface area is 123 Å². The second-order valence-corrected chi connectivity index (χ2v) is 5.39. The van der Waals surface area contributed by atoms with Crippen molar-refractivity contribution in [2.24, 2.45) is 5.92 Å². The predicted octanol–water partition coefficient (Wildman–Crippen LogP) is 1.39. The molecule has 112 valence electrons. The van der Waals surface area contributed by atoms with E-state index in [2.05, 4.69) is 10.6 Å².